The minimum Gasteiger partial charge on any atom is -0.462 e. The molecule has 54 heavy (non-hydrogen) atoms. The van der Waals surface area contributed by atoms with Gasteiger partial charge in [0.15, 0.2) is 6.10 Å². The molecule has 0 aromatic heterocycles. The minimum absolute atomic E-state index is 0.0221. The maximum absolute atomic E-state index is 12.7. The van der Waals surface area contributed by atoms with Crippen LogP contribution in [0.5, 0.6) is 0 Å². The van der Waals surface area contributed by atoms with Crippen molar-refractivity contribution in [1.82, 2.24) is 0 Å². The van der Waals surface area contributed by atoms with Crippen LogP contribution in [0.15, 0.2) is 36.5 Å². The van der Waals surface area contributed by atoms with E-state index in [1.165, 1.54) is 96.3 Å². The Morgan fingerprint density at radius 3 is 1.54 bits per heavy atom. The maximum Gasteiger partial charge on any atom is 0.472 e. The highest BCUT2D eigenvalue weighted by atomic mass is 31.2. The van der Waals surface area contributed by atoms with Gasteiger partial charge in [0.1, 0.15) is 19.8 Å². The summed E-state index contributed by atoms with van der Waals surface area (Å²) in [5.41, 5.74) is 0. The molecule has 316 valence electrons. The van der Waals surface area contributed by atoms with E-state index in [1.807, 2.05) is 21.1 Å². The van der Waals surface area contributed by atoms with E-state index >= 15 is 0 Å². The molecule has 0 aromatic carbocycles. The Labute approximate surface area is 331 Å². The summed E-state index contributed by atoms with van der Waals surface area (Å²) in [5.74, 6) is -0.870. The number of phosphoric ester groups is 1. The fourth-order valence-corrected chi connectivity index (χ4v) is 6.44. The molecule has 0 aromatic rings. The van der Waals surface area contributed by atoms with E-state index in [4.69, 9.17) is 18.5 Å². The molecule has 0 rings (SSSR count). The molecule has 0 bridgehead atoms. The first-order chi connectivity index (χ1) is 26.0. The van der Waals surface area contributed by atoms with Crippen molar-refractivity contribution in [3.05, 3.63) is 36.5 Å². The first-order valence-corrected chi connectivity index (χ1v) is 23.2. The molecule has 0 radical (unpaired) electrons. The maximum atomic E-state index is 12.7. The Kier molecular flexibility index (Phi) is 35.6. The van der Waals surface area contributed by atoms with Crippen LogP contribution in [-0.2, 0) is 32.7 Å². The predicted molar refractivity (Wildman–Crippen MR) is 224 cm³/mol. The van der Waals surface area contributed by atoms with Gasteiger partial charge in [0, 0.05) is 12.8 Å². The van der Waals surface area contributed by atoms with E-state index in [9.17, 15) is 19.0 Å². The minimum atomic E-state index is -4.38. The van der Waals surface area contributed by atoms with Crippen molar-refractivity contribution in [3.63, 3.8) is 0 Å². The number of ether oxygens (including phenoxy) is 2. The number of hydrogen-bond donors (Lipinski definition) is 1. The van der Waals surface area contributed by atoms with Gasteiger partial charge in [-0.15, -0.1) is 0 Å². The normalized spacial score (nSPS) is 14.0. The molecule has 0 saturated carbocycles. The number of nitrogens with zero attached hydrogens (tertiary/aromatic N) is 1. The molecule has 0 fully saturated rings. The zero-order valence-corrected chi connectivity index (χ0v) is 36.3. The summed E-state index contributed by atoms with van der Waals surface area (Å²) in [7, 11) is 1.44. The molecule has 0 saturated heterocycles. The van der Waals surface area contributed by atoms with Crippen LogP contribution in [0.4, 0.5) is 0 Å². The highest BCUT2D eigenvalue weighted by Gasteiger charge is 2.27. The molecule has 0 aliphatic heterocycles. The lowest BCUT2D eigenvalue weighted by atomic mass is 10.1. The summed E-state index contributed by atoms with van der Waals surface area (Å²) in [6.45, 7) is 4.34. The molecular formula is C44H83NO8P+. The summed E-state index contributed by atoms with van der Waals surface area (Å²) in [6.07, 6.45) is 40.6. The van der Waals surface area contributed by atoms with Crippen molar-refractivity contribution in [3.8, 4) is 0 Å². The molecule has 0 aliphatic carbocycles. The number of esters is 2. The van der Waals surface area contributed by atoms with Crippen LogP contribution in [0.1, 0.15) is 181 Å². The van der Waals surface area contributed by atoms with Crippen molar-refractivity contribution in [2.24, 2.45) is 0 Å². The smallest absolute Gasteiger partial charge is 0.462 e. The molecule has 0 spiro atoms. The summed E-state index contributed by atoms with van der Waals surface area (Å²) in [5, 5.41) is 0. The van der Waals surface area contributed by atoms with Crippen LogP contribution < -0.4 is 0 Å². The number of allylic oxidation sites excluding steroid dienone is 6. The van der Waals surface area contributed by atoms with E-state index in [0.717, 1.165) is 44.9 Å². The molecule has 0 heterocycles. The first-order valence-electron chi connectivity index (χ1n) is 21.7. The molecule has 0 aliphatic rings. The van der Waals surface area contributed by atoms with Gasteiger partial charge in [0.25, 0.3) is 0 Å². The first kappa shape index (κ1) is 52.2. The van der Waals surface area contributed by atoms with Crippen molar-refractivity contribution in [1.29, 1.82) is 0 Å². The van der Waals surface area contributed by atoms with Crippen LogP contribution in [-0.4, -0.2) is 74.9 Å². The van der Waals surface area contributed by atoms with Gasteiger partial charge in [0.2, 0.25) is 0 Å². The highest BCUT2D eigenvalue weighted by Crippen LogP contribution is 2.43. The molecular weight excluding hydrogens is 701 g/mol. The number of quaternary nitrogens is 1. The number of unbranched alkanes of at least 4 members (excludes halogenated alkanes) is 19. The fraction of sp³-hybridized carbons (Fsp3) is 0.818. The fourth-order valence-electron chi connectivity index (χ4n) is 5.69. The number of rotatable bonds is 39. The van der Waals surface area contributed by atoms with Crippen LogP contribution in [0, 0.1) is 0 Å². The number of carbonyl (C=O) groups excluding carboxylic acids is 2. The molecule has 1 unspecified atom stereocenters. The Balaban J connectivity index is 4.46. The summed E-state index contributed by atoms with van der Waals surface area (Å²) in [6, 6.07) is 0. The Morgan fingerprint density at radius 2 is 1.02 bits per heavy atom. The average molecular weight is 785 g/mol. The van der Waals surface area contributed by atoms with Gasteiger partial charge >= 0.3 is 19.8 Å². The summed E-state index contributed by atoms with van der Waals surface area (Å²) >= 11 is 0. The number of carbonyl (C=O) groups is 2. The monoisotopic (exact) mass is 785 g/mol. The van der Waals surface area contributed by atoms with Crippen molar-refractivity contribution < 1.29 is 42.1 Å². The third-order valence-corrected chi connectivity index (χ3v) is 10.1. The highest BCUT2D eigenvalue weighted by molar-refractivity contribution is 7.47. The van der Waals surface area contributed by atoms with Crippen molar-refractivity contribution in [2.45, 2.75) is 187 Å². The third kappa shape index (κ3) is 39.9. The lowest BCUT2D eigenvalue weighted by molar-refractivity contribution is -0.870. The lowest BCUT2D eigenvalue weighted by Gasteiger charge is -2.24. The second-order valence-electron chi connectivity index (χ2n) is 15.7. The predicted octanol–water partition coefficient (Wildman–Crippen LogP) is 12.1. The van der Waals surface area contributed by atoms with E-state index < -0.39 is 32.5 Å². The van der Waals surface area contributed by atoms with Gasteiger partial charge in [-0.2, -0.15) is 0 Å². The molecule has 0 amide bonds. The van der Waals surface area contributed by atoms with E-state index in [0.29, 0.717) is 23.9 Å². The largest absolute Gasteiger partial charge is 0.472 e. The zero-order chi connectivity index (χ0) is 40.0. The number of likely N-dealkylation sites (N-methyl/N-ethyl adjacent to an activating group) is 1. The summed E-state index contributed by atoms with van der Waals surface area (Å²) in [4.78, 5) is 35.3. The van der Waals surface area contributed by atoms with Crippen LogP contribution in [0.3, 0.4) is 0 Å². The van der Waals surface area contributed by atoms with E-state index in [1.54, 1.807) is 0 Å². The van der Waals surface area contributed by atoms with Crippen LogP contribution in [0.2, 0.25) is 0 Å². The van der Waals surface area contributed by atoms with Crippen molar-refractivity contribution >= 4 is 19.8 Å². The Morgan fingerprint density at radius 1 is 0.574 bits per heavy atom. The topological polar surface area (TPSA) is 108 Å². The van der Waals surface area contributed by atoms with E-state index in [2.05, 4.69) is 50.3 Å². The Bertz CT molecular complexity index is 1020. The molecule has 2 atom stereocenters. The second-order valence-corrected chi connectivity index (χ2v) is 17.2. The van der Waals surface area contributed by atoms with Gasteiger partial charge in [-0.1, -0.05) is 140 Å². The second kappa shape index (κ2) is 36.8. The van der Waals surface area contributed by atoms with Gasteiger partial charge in [-0.25, -0.2) is 4.57 Å². The summed E-state index contributed by atoms with van der Waals surface area (Å²) < 4.78 is 34.2. The standard InChI is InChI=1S/C44H82NO8P/c1-6-8-10-12-14-16-18-20-21-22-23-25-27-29-31-33-35-37-44(47)53-42(41-52-54(48,49)51-39-38-45(3,4)5)40-50-43(46)36-34-32-30-28-26-24-19-17-15-13-11-9-7-2/h23-26,29,31,42H,6-22,27-28,30,32-41H2,1-5H3/p+1/b25-23+,26-24+,31-29+/t42-/m1/s1. The van der Waals surface area contributed by atoms with Gasteiger partial charge in [-0.05, 0) is 64.2 Å². The molecule has 1 N–H and O–H groups in total. The average Bonchev–Trinajstić information content (AvgIpc) is 3.12. The van der Waals surface area contributed by atoms with Crippen LogP contribution in [0.25, 0.3) is 0 Å². The number of hydrogen-bond acceptors (Lipinski definition) is 7. The van der Waals surface area contributed by atoms with E-state index in [-0.39, 0.29) is 26.1 Å². The third-order valence-electron chi connectivity index (χ3n) is 9.14. The SMILES string of the molecule is CCCCCCCC/C=C/CCCCCC(=O)OC[C@H](COP(=O)(O)OCC[N+](C)(C)C)OC(=O)CCC/C=C/C/C=C/CCCCCCCCCCC. The quantitative estimate of drug-likeness (QED) is 0.0216. The zero-order valence-electron chi connectivity index (χ0n) is 35.5. The lowest BCUT2D eigenvalue weighted by Crippen LogP contribution is -2.37. The van der Waals surface area contributed by atoms with Crippen LogP contribution >= 0.6 is 7.82 Å². The van der Waals surface area contributed by atoms with Gasteiger partial charge < -0.3 is 18.9 Å². The van der Waals surface area contributed by atoms with Gasteiger partial charge in [0.05, 0.1) is 27.7 Å². The van der Waals surface area contributed by atoms with Crippen molar-refractivity contribution in [2.75, 3.05) is 47.5 Å². The Hall–Kier alpha value is -1.77. The number of phosphoric acid groups is 1. The molecule has 9 nitrogen and oxygen atoms in total. The molecule has 10 heteroatoms. The van der Waals surface area contributed by atoms with Gasteiger partial charge in [-0.3, -0.25) is 18.6 Å².